The number of carbonyl (C=O) groups is 1. The van der Waals surface area contributed by atoms with E-state index in [4.69, 9.17) is 14.2 Å². The number of ether oxygens (including phenoxy) is 3. The van der Waals surface area contributed by atoms with Crippen molar-refractivity contribution in [3.8, 4) is 17.2 Å². The van der Waals surface area contributed by atoms with Crippen LogP contribution in [0, 0.1) is 0 Å². The Hall–Kier alpha value is -4.17. The number of nitrogens with one attached hydrogen (secondary N) is 1. The Kier molecular flexibility index (Phi) is 7.99. The third kappa shape index (κ3) is 6.03. The summed E-state index contributed by atoms with van der Waals surface area (Å²) in [5.74, 6) is 2.07. The number of unbranched alkanes of at least 4 members (excludes halogenated alkanes) is 1. The van der Waals surface area contributed by atoms with Crippen LogP contribution in [-0.4, -0.2) is 54.7 Å². The van der Waals surface area contributed by atoms with Gasteiger partial charge in [-0.3, -0.25) is 14.7 Å². The second kappa shape index (κ2) is 11.9. The fraction of sp³-hybridized carbons (Fsp3) is 0.300. The Morgan fingerprint density at radius 2 is 1.68 bits per heavy atom. The van der Waals surface area contributed by atoms with Crippen LogP contribution >= 0.6 is 0 Å². The summed E-state index contributed by atoms with van der Waals surface area (Å²) in [6, 6.07) is 19.1. The third-order valence-corrected chi connectivity index (χ3v) is 6.73. The van der Waals surface area contributed by atoms with Gasteiger partial charge in [0.05, 0.1) is 38.1 Å². The van der Waals surface area contributed by atoms with Crippen LogP contribution in [-0.2, 0) is 13.0 Å². The highest BCUT2D eigenvalue weighted by Crippen LogP contribution is 2.33. The molecule has 0 radical (unpaired) electrons. The lowest BCUT2D eigenvalue weighted by Crippen LogP contribution is -2.31. The monoisotopic (exact) mass is 512 g/mol. The predicted molar refractivity (Wildman–Crippen MR) is 147 cm³/mol. The van der Waals surface area contributed by atoms with Gasteiger partial charge in [0.1, 0.15) is 11.4 Å². The average molecular weight is 513 g/mol. The summed E-state index contributed by atoms with van der Waals surface area (Å²) in [5.41, 5.74) is 5.05. The molecule has 8 heteroatoms. The molecule has 3 aromatic carbocycles. The largest absolute Gasteiger partial charge is 0.494 e. The van der Waals surface area contributed by atoms with Crippen LogP contribution in [0.2, 0.25) is 0 Å². The molecule has 0 saturated carbocycles. The third-order valence-electron chi connectivity index (χ3n) is 6.73. The topological polar surface area (TPSA) is 85.8 Å². The molecule has 1 N–H and O–H groups in total. The van der Waals surface area contributed by atoms with Crippen LogP contribution in [0.15, 0.2) is 66.9 Å². The molecule has 196 valence electrons. The number of carbonyl (C=O) groups excluding carboxylic acids is 1. The number of aromatic nitrogens is 2. The number of methoxy groups -OCH3 is 2. The van der Waals surface area contributed by atoms with Gasteiger partial charge in [0, 0.05) is 18.8 Å². The molecule has 0 aliphatic carbocycles. The number of nitrogens with zero attached hydrogens (tertiary/aromatic N) is 3. The highest BCUT2D eigenvalue weighted by Gasteiger charge is 2.19. The molecule has 5 rings (SSSR count). The van der Waals surface area contributed by atoms with Crippen molar-refractivity contribution in [1.29, 1.82) is 0 Å². The lowest BCUT2D eigenvalue weighted by Gasteiger charge is -2.29. The van der Waals surface area contributed by atoms with Crippen molar-refractivity contribution in [1.82, 2.24) is 14.9 Å². The lowest BCUT2D eigenvalue weighted by atomic mass is 9.98. The normalized spacial score (nSPS) is 13.1. The maximum Gasteiger partial charge on any atom is 0.275 e. The lowest BCUT2D eigenvalue weighted by molar-refractivity contribution is 0.102. The minimum atomic E-state index is -0.296. The smallest absolute Gasteiger partial charge is 0.275 e. The van der Waals surface area contributed by atoms with Gasteiger partial charge >= 0.3 is 0 Å². The Balaban J connectivity index is 1.04. The van der Waals surface area contributed by atoms with E-state index in [1.54, 1.807) is 14.2 Å². The van der Waals surface area contributed by atoms with Crippen molar-refractivity contribution in [2.75, 3.05) is 39.2 Å². The molecule has 0 spiro atoms. The van der Waals surface area contributed by atoms with Crippen molar-refractivity contribution in [3.63, 3.8) is 0 Å². The van der Waals surface area contributed by atoms with E-state index in [0.717, 1.165) is 61.7 Å². The summed E-state index contributed by atoms with van der Waals surface area (Å²) in [7, 11) is 3.35. The molecule has 2 heterocycles. The van der Waals surface area contributed by atoms with Gasteiger partial charge in [-0.05, 0) is 85.5 Å². The minimum absolute atomic E-state index is 0.278. The fourth-order valence-corrected chi connectivity index (χ4v) is 4.66. The number of benzene rings is 3. The second-order valence-electron chi connectivity index (χ2n) is 9.28. The molecule has 0 fully saturated rings. The van der Waals surface area contributed by atoms with Gasteiger partial charge in [0.15, 0.2) is 11.5 Å². The van der Waals surface area contributed by atoms with Gasteiger partial charge < -0.3 is 19.5 Å². The van der Waals surface area contributed by atoms with Gasteiger partial charge in [-0.25, -0.2) is 4.98 Å². The maximum atomic E-state index is 12.6. The zero-order chi connectivity index (χ0) is 26.3. The zero-order valence-electron chi connectivity index (χ0n) is 21.8. The predicted octanol–water partition coefficient (Wildman–Crippen LogP) is 5.12. The van der Waals surface area contributed by atoms with E-state index in [9.17, 15) is 4.79 Å². The molecule has 38 heavy (non-hydrogen) atoms. The Labute approximate surface area is 222 Å². The number of rotatable bonds is 10. The summed E-state index contributed by atoms with van der Waals surface area (Å²) in [6.07, 6.45) is 4.53. The molecule has 0 atom stereocenters. The number of hydrogen-bond acceptors (Lipinski definition) is 7. The van der Waals surface area contributed by atoms with E-state index in [1.807, 2.05) is 48.5 Å². The molecule has 1 aliphatic heterocycles. The highest BCUT2D eigenvalue weighted by atomic mass is 16.5. The average Bonchev–Trinajstić information content (AvgIpc) is 2.96. The fourth-order valence-electron chi connectivity index (χ4n) is 4.66. The van der Waals surface area contributed by atoms with Crippen molar-refractivity contribution in [2.45, 2.75) is 25.8 Å². The van der Waals surface area contributed by atoms with E-state index in [-0.39, 0.29) is 11.6 Å². The molecular weight excluding hydrogens is 480 g/mol. The van der Waals surface area contributed by atoms with E-state index >= 15 is 0 Å². The highest BCUT2D eigenvalue weighted by molar-refractivity contribution is 6.03. The van der Waals surface area contributed by atoms with E-state index in [0.29, 0.717) is 17.8 Å². The van der Waals surface area contributed by atoms with Crippen molar-refractivity contribution < 1.29 is 19.0 Å². The summed E-state index contributed by atoms with van der Waals surface area (Å²) in [4.78, 5) is 23.8. The van der Waals surface area contributed by atoms with E-state index in [1.165, 1.54) is 17.3 Å². The summed E-state index contributed by atoms with van der Waals surface area (Å²) in [5, 5.41) is 2.87. The van der Waals surface area contributed by atoms with Crippen LogP contribution in [0.1, 0.15) is 34.5 Å². The number of fused-ring (bicyclic) bond motifs is 2. The molecule has 1 aromatic heterocycles. The Morgan fingerprint density at radius 1 is 0.947 bits per heavy atom. The molecule has 1 amide bonds. The van der Waals surface area contributed by atoms with E-state index < -0.39 is 0 Å². The van der Waals surface area contributed by atoms with Crippen LogP contribution < -0.4 is 19.5 Å². The summed E-state index contributed by atoms with van der Waals surface area (Å²) >= 11 is 0. The molecule has 4 aromatic rings. The molecule has 1 aliphatic rings. The standard InChI is InChI=1S/C30H32N4O4/c1-36-28-17-21-13-15-34(20-22(21)18-29(28)37-2)14-5-6-16-38-24-11-9-23(10-12-24)32-30(35)27-19-31-25-7-3-4-8-26(25)33-27/h3-4,7-12,17-19H,5-6,13-16,20H2,1-2H3,(H,32,35). The second-order valence-corrected chi connectivity index (χ2v) is 9.28. The van der Waals surface area contributed by atoms with Crippen LogP contribution in [0.3, 0.4) is 0 Å². The van der Waals surface area contributed by atoms with Gasteiger partial charge in [0.2, 0.25) is 0 Å². The number of hydrogen-bond donors (Lipinski definition) is 1. The number of anilines is 1. The number of para-hydroxylation sites is 2. The van der Waals surface area contributed by atoms with Gasteiger partial charge in [-0.15, -0.1) is 0 Å². The summed E-state index contributed by atoms with van der Waals surface area (Å²) < 4.78 is 16.8. The first-order valence-electron chi connectivity index (χ1n) is 12.8. The number of amides is 1. The quantitative estimate of drug-likeness (QED) is 0.295. The van der Waals surface area contributed by atoms with Gasteiger partial charge in [0.25, 0.3) is 5.91 Å². The first kappa shape index (κ1) is 25.5. The summed E-state index contributed by atoms with van der Waals surface area (Å²) in [6.45, 7) is 3.64. The van der Waals surface area contributed by atoms with Crippen molar-refractivity contribution in [3.05, 3.63) is 83.7 Å². The molecule has 0 unspecified atom stereocenters. The first-order valence-corrected chi connectivity index (χ1v) is 12.8. The van der Waals surface area contributed by atoms with Crippen LogP contribution in [0.25, 0.3) is 11.0 Å². The van der Waals surface area contributed by atoms with Gasteiger partial charge in [-0.1, -0.05) is 12.1 Å². The SMILES string of the molecule is COc1cc2c(cc1OC)CN(CCCCOc1ccc(NC(=O)c3cnc4ccccc4n3)cc1)CC2. The Morgan fingerprint density at radius 3 is 2.45 bits per heavy atom. The van der Waals surface area contributed by atoms with Crippen molar-refractivity contribution >= 4 is 22.6 Å². The molecule has 8 nitrogen and oxygen atoms in total. The van der Waals surface area contributed by atoms with Crippen molar-refractivity contribution in [2.24, 2.45) is 0 Å². The van der Waals surface area contributed by atoms with Crippen LogP contribution in [0.4, 0.5) is 5.69 Å². The maximum absolute atomic E-state index is 12.6. The molecule has 0 saturated heterocycles. The Bertz CT molecular complexity index is 1410. The first-order chi connectivity index (χ1) is 18.6. The van der Waals surface area contributed by atoms with Gasteiger partial charge in [-0.2, -0.15) is 0 Å². The molecule has 0 bridgehead atoms. The zero-order valence-corrected chi connectivity index (χ0v) is 21.8. The minimum Gasteiger partial charge on any atom is -0.494 e. The van der Waals surface area contributed by atoms with Crippen LogP contribution in [0.5, 0.6) is 17.2 Å². The van der Waals surface area contributed by atoms with E-state index in [2.05, 4.69) is 32.3 Å². The molecular formula is C30H32N4O4.